The van der Waals surface area contributed by atoms with E-state index < -0.39 is 6.09 Å². The van der Waals surface area contributed by atoms with Crippen molar-refractivity contribution in [2.75, 3.05) is 31.3 Å². The Hall–Kier alpha value is -5.19. The minimum atomic E-state index is -0.676. The van der Waals surface area contributed by atoms with E-state index in [9.17, 15) is 14.9 Å². The first-order valence-electron chi connectivity index (χ1n) is 10.7. The molecule has 14 nitrogen and oxygen atoms in total. The standard InChI is InChI=1S/C22H20N10O4/c1-30-6-7-32-14(20(30)33)9-17(29-32)26-21-28-19-18(31(21)2)13(10-23)15(11-25-19)36-12-4-5-24-16(8-12)27-22(34)35-3/h4-5,8-9,11H,6-7H2,1-3H3,(H,24,27,34)(H,25,26,28,29). The van der Waals surface area contributed by atoms with Crippen LogP contribution in [0.25, 0.3) is 11.2 Å². The smallest absolute Gasteiger partial charge is 0.412 e. The van der Waals surface area contributed by atoms with Gasteiger partial charge in [-0.15, -0.1) is 0 Å². The van der Waals surface area contributed by atoms with Gasteiger partial charge in [0.15, 0.2) is 17.2 Å². The number of fused-ring (bicyclic) bond motifs is 2. The van der Waals surface area contributed by atoms with Gasteiger partial charge < -0.3 is 24.3 Å². The number of hydrogen-bond donors (Lipinski definition) is 2. The first-order chi connectivity index (χ1) is 17.4. The van der Waals surface area contributed by atoms with E-state index in [1.807, 2.05) is 0 Å². The molecule has 1 aliphatic heterocycles. The zero-order chi connectivity index (χ0) is 25.4. The maximum atomic E-state index is 12.4. The molecule has 0 aliphatic carbocycles. The molecule has 0 atom stereocenters. The average molecular weight is 488 g/mol. The molecule has 0 radical (unpaired) electrons. The van der Waals surface area contributed by atoms with Gasteiger partial charge in [-0.3, -0.25) is 14.8 Å². The normalized spacial score (nSPS) is 12.7. The summed E-state index contributed by atoms with van der Waals surface area (Å²) >= 11 is 0. The number of nitriles is 1. The van der Waals surface area contributed by atoms with E-state index in [0.29, 0.717) is 47.5 Å². The van der Waals surface area contributed by atoms with Crippen LogP contribution in [0.5, 0.6) is 11.5 Å². The van der Waals surface area contributed by atoms with Crippen molar-refractivity contribution in [1.82, 2.24) is 34.2 Å². The van der Waals surface area contributed by atoms with Crippen LogP contribution in [0, 0.1) is 11.3 Å². The van der Waals surface area contributed by atoms with Gasteiger partial charge in [-0.05, 0) is 6.07 Å². The van der Waals surface area contributed by atoms with Gasteiger partial charge in [-0.1, -0.05) is 0 Å². The van der Waals surface area contributed by atoms with Crippen LogP contribution in [-0.4, -0.2) is 66.9 Å². The third-order valence-electron chi connectivity index (χ3n) is 5.58. The van der Waals surface area contributed by atoms with Crippen LogP contribution < -0.4 is 15.4 Å². The molecule has 2 N–H and O–H groups in total. The highest BCUT2D eigenvalue weighted by Crippen LogP contribution is 2.32. The van der Waals surface area contributed by atoms with Gasteiger partial charge >= 0.3 is 6.09 Å². The van der Waals surface area contributed by atoms with Crippen LogP contribution in [0.15, 0.2) is 30.6 Å². The SMILES string of the molecule is COC(=O)Nc1cc(Oc2cnc3nc(Nc4cc5n(n4)CCN(C)C5=O)n(C)c3c2C#N)ccn1. The summed E-state index contributed by atoms with van der Waals surface area (Å²) in [6.07, 6.45) is 2.16. The van der Waals surface area contributed by atoms with Gasteiger partial charge in [0.05, 0.1) is 19.9 Å². The van der Waals surface area contributed by atoms with Crippen LogP contribution >= 0.6 is 0 Å². The van der Waals surface area contributed by atoms with Crippen molar-refractivity contribution in [3.8, 4) is 17.6 Å². The van der Waals surface area contributed by atoms with E-state index in [1.54, 1.807) is 40.4 Å². The number of aromatic nitrogens is 6. The first kappa shape index (κ1) is 22.6. The Morgan fingerprint density at radius 2 is 2.03 bits per heavy atom. The fraction of sp³-hybridized carbons (Fsp3) is 0.227. The van der Waals surface area contributed by atoms with E-state index in [1.165, 1.54) is 25.6 Å². The second kappa shape index (κ2) is 8.87. The number of nitrogens with one attached hydrogen (secondary N) is 2. The number of nitrogens with zero attached hydrogens (tertiary/aromatic N) is 8. The molecule has 0 bridgehead atoms. The number of rotatable bonds is 5. The van der Waals surface area contributed by atoms with Crippen molar-refractivity contribution in [3.63, 3.8) is 0 Å². The summed E-state index contributed by atoms with van der Waals surface area (Å²) in [4.78, 5) is 38.3. The molecule has 36 heavy (non-hydrogen) atoms. The summed E-state index contributed by atoms with van der Waals surface area (Å²) in [6.45, 7) is 1.17. The molecule has 1 aliphatic rings. The summed E-state index contributed by atoms with van der Waals surface area (Å²) < 4.78 is 13.8. The number of carbonyl (C=O) groups excluding carboxylic acids is 2. The number of methoxy groups -OCH3 is 1. The molecular weight excluding hydrogens is 468 g/mol. The van der Waals surface area contributed by atoms with E-state index >= 15 is 0 Å². The quantitative estimate of drug-likeness (QED) is 0.425. The molecule has 4 aromatic rings. The van der Waals surface area contributed by atoms with Crippen LogP contribution in [-0.2, 0) is 18.3 Å². The lowest BCUT2D eigenvalue weighted by Gasteiger charge is -2.22. The summed E-state index contributed by atoms with van der Waals surface area (Å²) in [7, 11) is 4.71. The number of imidazole rings is 1. The molecule has 14 heteroatoms. The second-order valence-corrected chi connectivity index (χ2v) is 7.86. The van der Waals surface area contributed by atoms with E-state index in [-0.39, 0.29) is 23.0 Å². The lowest BCUT2D eigenvalue weighted by molar-refractivity contribution is 0.0743. The summed E-state index contributed by atoms with van der Waals surface area (Å²) in [5.41, 5.74) is 1.46. The van der Waals surface area contributed by atoms with Gasteiger partial charge in [0, 0.05) is 39.0 Å². The molecule has 0 saturated heterocycles. The monoisotopic (exact) mass is 488 g/mol. The van der Waals surface area contributed by atoms with E-state index in [0.717, 1.165) is 0 Å². The van der Waals surface area contributed by atoms with Crippen LogP contribution in [0.1, 0.15) is 16.1 Å². The Bertz CT molecular complexity index is 1550. The summed E-state index contributed by atoms with van der Waals surface area (Å²) in [5.74, 6) is 1.46. The molecule has 0 spiro atoms. The number of anilines is 3. The van der Waals surface area contributed by atoms with Crippen LogP contribution in [0.4, 0.5) is 22.4 Å². The molecule has 182 valence electrons. The Kier molecular flexibility index (Phi) is 5.57. The molecule has 0 aromatic carbocycles. The lowest BCUT2D eigenvalue weighted by Crippen LogP contribution is -2.37. The molecule has 0 fully saturated rings. The minimum absolute atomic E-state index is 0.108. The van der Waals surface area contributed by atoms with Crippen molar-refractivity contribution in [3.05, 3.63) is 41.9 Å². The van der Waals surface area contributed by atoms with Crippen LogP contribution in [0.3, 0.4) is 0 Å². The zero-order valence-electron chi connectivity index (χ0n) is 19.5. The summed E-state index contributed by atoms with van der Waals surface area (Å²) in [6, 6.07) is 6.87. The first-order valence-corrected chi connectivity index (χ1v) is 10.7. The van der Waals surface area contributed by atoms with Gasteiger partial charge in [-0.2, -0.15) is 15.3 Å². The third kappa shape index (κ3) is 3.98. The fourth-order valence-corrected chi connectivity index (χ4v) is 3.75. The molecule has 5 heterocycles. The topological polar surface area (TPSA) is 165 Å². The second-order valence-electron chi connectivity index (χ2n) is 7.86. The number of likely N-dealkylation sites (N-methyl/N-ethyl adjacent to an activating group) is 1. The van der Waals surface area contributed by atoms with Crippen molar-refractivity contribution < 1.29 is 19.1 Å². The predicted molar refractivity (Wildman–Crippen MR) is 126 cm³/mol. The molecule has 5 rings (SSSR count). The molecule has 4 aromatic heterocycles. The molecule has 0 saturated carbocycles. The summed E-state index contributed by atoms with van der Waals surface area (Å²) in [5, 5.41) is 19.9. The molecular formula is C22H20N10O4. The largest absolute Gasteiger partial charge is 0.454 e. The lowest BCUT2D eigenvalue weighted by atomic mass is 10.2. The van der Waals surface area contributed by atoms with Crippen molar-refractivity contribution >= 4 is 40.7 Å². The van der Waals surface area contributed by atoms with Crippen molar-refractivity contribution in [1.29, 1.82) is 5.26 Å². The minimum Gasteiger partial charge on any atom is -0.454 e. The number of pyridine rings is 2. The third-order valence-corrected chi connectivity index (χ3v) is 5.58. The Balaban J connectivity index is 1.45. The Morgan fingerprint density at radius 1 is 1.19 bits per heavy atom. The number of ether oxygens (including phenoxy) is 2. The van der Waals surface area contributed by atoms with Gasteiger partial charge in [0.25, 0.3) is 5.91 Å². The Labute approximate surface area is 204 Å². The number of carbonyl (C=O) groups is 2. The highest BCUT2D eigenvalue weighted by molar-refractivity contribution is 5.94. The predicted octanol–water partition coefficient (Wildman–Crippen LogP) is 2.23. The van der Waals surface area contributed by atoms with Crippen LogP contribution in [0.2, 0.25) is 0 Å². The highest BCUT2D eigenvalue weighted by Gasteiger charge is 2.25. The highest BCUT2D eigenvalue weighted by atomic mass is 16.5. The van der Waals surface area contributed by atoms with Crippen molar-refractivity contribution in [2.24, 2.45) is 7.05 Å². The number of amides is 2. The maximum Gasteiger partial charge on any atom is 0.412 e. The van der Waals surface area contributed by atoms with E-state index in [2.05, 4.69) is 41.5 Å². The molecule has 2 amide bonds. The van der Waals surface area contributed by atoms with Crippen molar-refractivity contribution in [2.45, 2.75) is 6.54 Å². The van der Waals surface area contributed by atoms with Gasteiger partial charge in [-0.25, -0.2) is 14.8 Å². The molecule has 0 unspecified atom stereocenters. The van der Waals surface area contributed by atoms with Gasteiger partial charge in [0.2, 0.25) is 5.95 Å². The van der Waals surface area contributed by atoms with E-state index in [4.69, 9.17) is 4.74 Å². The number of aryl methyl sites for hydroxylation is 1. The maximum absolute atomic E-state index is 12.4. The Morgan fingerprint density at radius 3 is 2.81 bits per heavy atom. The zero-order valence-corrected chi connectivity index (χ0v) is 19.5. The fourth-order valence-electron chi connectivity index (χ4n) is 3.75. The average Bonchev–Trinajstić information content (AvgIpc) is 3.43. The number of hydrogen-bond acceptors (Lipinski definition) is 10. The van der Waals surface area contributed by atoms with Gasteiger partial charge in [0.1, 0.15) is 34.4 Å².